The molecule has 1 aromatic rings. The molecule has 1 aromatic carbocycles. The van der Waals surface area contributed by atoms with Gasteiger partial charge < -0.3 is 5.32 Å². The molecule has 1 aliphatic rings. The van der Waals surface area contributed by atoms with E-state index in [1.54, 1.807) is 6.07 Å². The molecule has 0 spiro atoms. The van der Waals surface area contributed by atoms with Crippen molar-refractivity contribution in [2.75, 3.05) is 7.05 Å². The van der Waals surface area contributed by atoms with Gasteiger partial charge in [-0.05, 0) is 53.9 Å². The molecule has 0 radical (unpaired) electrons. The molecular formula is C11H12BrClFN. The fourth-order valence-electron chi connectivity index (χ4n) is 1.85. The molecule has 1 fully saturated rings. The lowest BCUT2D eigenvalue weighted by atomic mass is 10.0. The summed E-state index contributed by atoms with van der Waals surface area (Å²) in [4.78, 5) is 0. The summed E-state index contributed by atoms with van der Waals surface area (Å²) in [6.07, 6.45) is 2.33. The Morgan fingerprint density at radius 3 is 2.73 bits per heavy atom. The highest BCUT2D eigenvalue weighted by atomic mass is 79.9. The van der Waals surface area contributed by atoms with E-state index in [2.05, 4.69) is 21.2 Å². The van der Waals surface area contributed by atoms with Gasteiger partial charge in [-0.25, -0.2) is 4.39 Å². The first-order valence-electron chi connectivity index (χ1n) is 4.95. The lowest BCUT2D eigenvalue weighted by molar-refractivity contribution is 0.492. The average Bonchev–Trinajstić information content (AvgIpc) is 2.99. The smallest absolute Gasteiger partial charge is 0.129 e. The second kappa shape index (κ2) is 4.40. The van der Waals surface area contributed by atoms with Crippen molar-refractivity contribution in [3.63, 3.8) is 0 Å². The molecule has 0 saturated heterocycles. The SMILES string of the molecule is CNC(c1cc(Cl)c(Br)cc1F)C1CC1. The minimum Gasteiger partial charge on any atom is -0.313 e. The van der Waals surface area contributed by atoms with Crippen LogP contribution in [-0.2, 0) is 0 Å². The predicted octanol–water partition coefficient (Wildman–Crippen LogP) is 3.91. The maximum Gasteiger partial charge on any atom is 0.129 e. The van der Waals surface area contributed by atoms with Gasteiger partial charge in [-0.1, -0.05) is 11.6 Å². The van der Waals surface area contributed by atoms with E-state index in [0.29, 0.717) is 21.0 Å². The van der Waals surface area contributed by atoms with Crippen LogP contribution >= 0.6 is 27.5 Å². The van der Waals surface area contributed by atoms with Crippen molar-refractivity contribution in [2.45, 2.75) is 18.9 Å². The Balaban J connectivity index is 2.37. The molecule has 0 heterocycles. The molecule has 4 heteroatoms. The quantitative estimate of drug-likeness (QED) is 0.833. The highest BCUT2D eigenvalue weighted by Gasteiger charge is 2.33. The number of hydrogen-bond donors (Lipinski definition) is 1. The van der Waals surface area contributed by atoms with E-state index in [4.69, 9.17) is 11.6 Å². The summed E-state index contributed by atoms with van der Waals surface area (Å²) in [5.74, 6) is 0.360. The molecule has 1 unspecified atom stereocenters. The van der Waals surface area contributed by atoms with E-state index in [0.717, 1.165) is 0 Å². The van der Waals surface area contributed by atoms with Gasteiger partial charge in [0.05, 0.1) is 5.02 Å². The molecule has 1 atom stereocenters. The maximum atomic E-state index is 13.7. The predicted molar refractivity (Wildman–Crippen MR) is 63.6 cm³/mol. The highest BCUT2D eigenvalue weighted by Crippen LogP contribution is 2.42. The number of benzene rings is 1. The molecule has 0 bridgehead atoms. The van der Waals surface area contributed by atoms with Crippen LogP contribution in [0, 0.1) is 11.7 Å². The van der Waals surface area contributed by atoms with Gasteiger partial charge >= 0.3 is 0 Å². The largest absolute Gasteiger partial charge is 0.313 e. The van der Waals surface area contributed by atoms with Crippen molar-refractivity contribution in [1.29, 1.82) is 0 Å². The van der Waals surface area contributed by atoms with Gasteiger partial charge in [0.2, 0.25) is 0 Å². The van der Waals surface area contributed by atoms with Crippen molar-refractivity contribution in [1.82, 2.24) is 5.32 Å². The van der Waals surface area contributed by atoms with Crippen molar-refractivity contribution >= 4 is 27.5 Å². The van der Waals surface area contributed by atoms with Gasteiger partial charge in [0.25, 0.3) is 0 Å². The van der Waals surface area contributed by atoms with Gasteiger partial charge in [-0.3, -0.25) is 0 Å². The van der Waals surface area contributed by atoms with Crippen molar-refractivity contribution < 1.29 is 4.39 Å². The van der Waals surface area contributed by atoms with Crippen molar-refractivity contribution in [3.05, 3.63) is 33.0 Å². The summed E-state index contributed by atoms with van der Waals surface area (Å²) in [6.45, 7) is 0. The monoisotopic (exact) mass is 291 g/mol. The van der Waals surface area contributed by atoms with Crippen molar-refractivity contribution in [3.8, 4) is 0 Å². The minimum atomic E-state index is -0.197. The zero-order valence-electron chi connectivity index (χ0n) is 8.36. The minimum absolute atomic E-state index is 0.0931. The Labute approximate surface area is 102 Å². The summed E-state index contributed by atoms with van der Waals surface area (Å²) in [5, 5.41) is 3.72. The molecule has 1 N–H and O–H groups in total. The van der Waals surface area contributed by atoms with Crippen LogP contribution in [0.25, 0.3) is 0 Å². The molecule has 82 valence electrons. The maximum absolute atomic E-state index is 13.7. The Morgan fingerprint density at radius 1 is 1.53 bits per heavy atom. The Morgan fingerprint density at radius 2 is 2.20 bits per heavy atom. The molecule has 0 aliphatic heterocycles. The van der Waals surface area contributed by atoms with E-state index in [1.165, 1.54) is 18.9 Å². The van der Waals surface area contributed by atoms with E-state index in [-0.39, 0.29) is 11.9 Å². The molecule has 1 aliphatic carbocycles. The van der Waals surface area contributed by atoms with E-state index in [1.807, 2.05) is 7.05 Å². The summed E-state index contributed by atoms with van der Waals surface area (Å²) >= 11 is 9.18. The third kappa shape index (κ3) is 2.35. The Hall–Kier alpha value is -0.120. The highest BCUT2D eigenvalue weighted by molar-refractivity contribution is 9.10. The fraction of sp³-hybridized carbons (Fsp3) is 0.455. The molecule has 0 amide bonds. The lowest BCUT2D eigenvalue weighted by Crippen LogP contribution is -2.19. The van der Waals surface area contributed by atoms with Crippen LogP contribution in [0.3, 0.4) is 0 Å². The Bertz CT molecular complexity index is 379. The van der Waals surface area contributed by atoms with Gasteiger partial charge in [-0.15, -0.1) is 0 Å². The summed E-state index contributed by atoms with van der Waals surface area (Å²) in [5.41, 5.74) is 0.674. The summed E-state index contributed by atoms with van der Waals surface area (Å²) in [7, 11) is 1.86. The van der Waals surface area contributed by atoms with Crippen LogP contribution in [-0.4, -0.2) is 7.05 Å². The second-order valence-electron chi connectivity index (χ2n) is 3.89. The van der Waals surface area contributed by atoms with Gasteiger partial charge in [-0.2, -0.15) is 0 Å². The van der Waals surface area contributed by atoms with Crippen LogP contribution in [0.4, 0.5) is 4.39 Å². The lowest BCUT2D eigenvalue weighted by Gasteiger charge is -2.17. The summed E-state index contributed by atoms with van der Waals surface area (Å²) < 4.78 is 14.3. The van der Waals surface area contributed by atoms with Crippen LogP contribution in [0.15, 0.2) is 16.6 Å². The Kier molecular flexibility index (Phi) is 3.33. The molecule has 15 heavy (non-hydrogen) atoms. The third-order valence-corrected chi connectivity index (χ3v) is 3.98. The zero-order valence-corrected chi connectivity index (χ0v) is 10.7. The number of halogens is 3. The van der Waals surface area contributed by atoms with E-state index in [9.17, 15) is 4.39 Å². The number of nitrogens with one attached hydrogen (secondary N) is 1. The fourth-order valence-corrected chi connectivity index (χ4v) is 2.34. The molecule has 0 aromatic heterocycles. The molecule has 1 nitrogen and oxygen atoms in total. The topological polar surface area (TPSA) is 12.0 Å². The normalized spacial score (nSPS) is 17.9. The first-order chi connectivity index (χ1) is 7.13. The third-order valence-electron chi connectivity index (χ3n) is 2.78. The number of hydrogen-bond acceptors (Lipinski definition) is 1. The second-order valence-corrected chi connectivity index (χ2v) is 5.15. The van der Waals surface area contributed by atoms with Crippen LogP contribution in [0.1, 0.15) is 24.4 Å². The molecule has 2 rings (SSSR count). The van der Waals surface area contributed by atoms with Gasteiger partial charge in [0.15, 0.2) is 0 Å². The van der Waals surface area contributed by atoms with Crippen LogP contribution in [0.5, 0.6) is 0 Å². The first-order valence-corrected chi connectivity index (χ1v) is 6.12. The first kappa shape index (κ1) is 11.4. The van der Waals surface area contributed by atoms with Crippen LogP contribution < -0.4 is 5.32 Å². The molecular weight excluding hydrogens is 280 g/mol. The number of rotatable bonds is 3. The average molecular weight is 293 g/mol. The van der Waals surface area contributed by atoms with E-state index < -0.39 is 0 Å². The zero-order chi connectivity index (χ0) is 11.0. The molecule has 1 saturated carbocycles. The van der Waals surface area contributed by atoms with Gasteiger partial charge in [0, 0.05) is 16.1 Å². The standard InChI is InChI=1S/C11H12BrClFN/c1-15-11(6-2-3-6)7-4-9(13)8(12)5-10(7)14/h4-6,11,15H,2-3H2,1H3. The summed E-state index contributed by atoms with van der Waals surface area (Å²) in [6, 6.07) is 3.24. The van der Waals surface area contributed by atoms with Crippen molar-refractivity contribution in [2.24, 2.45) is 5.92 Å². The van der Waals surface area contributed by atoms with Gasteiger partial charge in [0.1, 0.15) is 5.82 Å². The van der Waals surface area contributed by atoms with Crippen LogP contribution in [0.2, 0.25) is 5.02 Å². The van der Waals surface area contributed by atoms with E-state index >= 15 is 0 Å².